The fraction of sp³-hybridized carbons (Fsp3) is 0.500. The molecule has 2 aromatic rings. The largest absolute Gasteiger partial charge is 0.497 e. The standard InChI is InChI=1S/C28H39N3O5S/c1-21(32)29-27(19-23-11-7-4-8-12-23)28(33)30-25(14-13-22-9-5-3-6-10-22)20-37(34,35)31-24-15-17-26(36-2)18-16-24/h3,5-6,9-10,15-18,23,25,27,31H,4,7-8,11-14,19-20H2,1-2H3,(H,29,32)(H,30,33)/t25?,27-/m0/s1. The van der Waals surface area contributed by atoms with E-state index >= 15 is 0 Å². The number of sulfonamides is 1. The number of methoxy groups -OCH3 is 1. The van der Waals surface area contributed by atoms with Crippen LogP contribution in [0.2, 0.25) is 0 Å². The van der Waals surface area contributed by atoms with Crippen LogP contribution in [0.15, 0.2) is 54.6 Å². The van der Waals surface area contributed by atoms with Crippen LogP contribution in [-0.4, -0.2) is 45.2 Å². The van der Waals surface area contributed by atoms with Gasteiger partial charge in [-0.05, 0) is 55.0 Å². The number of carbonyl (C=O) groups is 2. The van der Waals surface area contributed by atoms with E-state index in [1.54, 1.807) is 31.4 Å². The molecule has 1 fully saturated rings. The lowest BCUT2D eigenvalue weighted by molar-refractivity contribution is -0.129. The van der Waals surface area contributed by atoms with Crippen LogP contribution < -0.4 is 20.1 Å². The SMILES string of the molecule is COc1ccc(NS(=O)(=O)CC(CCc2ccccc2)NC(=O)[C@H](CC2CCCCC2)NC(C)=O)cc1. The number of nitrogens with one attached hydrogen (secondary N) is 3. The molecule has 8 nitrogen and oxygen atoms in total. The smallest absolute Gasteiger partial charge is 0.242 e. The molecule has 0 spiro atoms. The zero-order chi connectivity index (χ0) is 26.7. The van der Waals surface area contributed by atoms with Crippen LogP contribution in [0.5, 0.6) is 5.75 Å². The summed E-state index contributed by atoms with van der Waals surface area (Å²) in [7, 11) is -2.23. The number of amides is 2. The van der Waals surface area contributed by atoms with Crippen molar-refractivity contribution in [3.8, 4) is 5.75 Å². The molecule has 0 aliphatic heterocycles. The minimum atomic E-state index is -3.77. The van der Waals surface area contributed by atoms with Gasteiger partial charge in [0.15, 0.2) is 0 Å². The van der Waals surface area contributed by atoms with E-state index in [1.807, 2.05) is 30.3 Å². The molecule has 1 saturated carbocycles. The van der Waals surface area contributed by atoms with Gasteiger partial charge in [0.2, 0.25) is 21.8 Å². The summed E-state index contributed by atoms with van der Waals surface area (Å²) in [5.41, 5.74) is 1.48. The van der Waals surface area contributed by atoms with Crippen molar-refractivity contribution in [1.82, 2.24) is 10.6 Å². The number of aryl methyl sites for hydroxylation is 1. The van der Waals surface area contributed by atoms with Crippen LogP contribution in [0.3, 0.4) is 0 Å². The molecule has 0 radical (unpaired) electrons. The van der Waals surface area contributed by atoms with Gasteiger partial charge in [0.1, 0.15) is 11.8 Å². The number of rotatable bonds is 13. The van der Waals surface area contributed by atoms with Gasteiger partial charge in [0, 0.05) is 18.7 Å². The number of carbonyl (C=O) groups excluding carboxylic acids is 2. The number of hydrogen-bond acceptors (Lipinski definition) is 5. The van der Waals surface area contributed by atoms with Crippen LogP contribution >= 0.6 is 0 Å². The maximum Gasteiger partial charge on any atom is 0.242 e. The molecular weight excluding hydrogens is 490 g/mol. The Morgan fingerprint density at radius 2 is 1.65 bits per heavy atom. The van der Waals surface area contributed by atoms with E-state index in [-0.39, 0.29) is 17.6 Å². The Labute approximate surface area is 220 Å². The third-order valence-electron chi connectivity index (χ3n) is 6.74. The minimum absolute atomic E-state index is 0.273. The van der Waals surface area contributed by atoms with Gasteiger partial charge >= 0.3 is 0 Å². The average Bonchev–Trinajstić information content (AvgIpc) is 2.88. The first-order valence-corrected chi connectivity index (χ1v) is 14.7. The minimum Gasteiger partial charge on any atom is -0.497 e. The number of anilines is 1. The van der Waals surface area contributed by atoms with Crippen LogP contribution in [0.1, 0.15) is 57.4 Å². The van der Waals surface area contributed by atoms with Crippen molar-refractivity contribution < 1.29 is 22.7 Å². The molecule has 2 amide bonds. The molecule has 0 bridgehead atoms. The summed E-state index contributed by atoms with van der Waals surface area (Å²) in [5, 5.41) is 5.74. The molecule has 202 valence electrons. The maximum absolute atomic E-state index is 13.3. The number of benzene rings is 2. The highest BCUT2D eigenvalue weighted by atomic mass is 32.2. The number of ether oxygens (including phenoxy) is 1. The van der Waals surface area contributed by atoms with Gasteiger partial charge < -0.3 is 15.4 Å². The van der Waals surface area contributed by atoms with Crippen LogP contribution in [0, 0.1) is 5.92 Å². The lowest BCUT2D eigenvalue weighted by atomic mass is 9.84. The highest BCUT2D eigenvalue weighted by Crippen LogP contribution is 2.27. The topological polar surface area (TPSA) is 114 Å². The van der Waals surface area contributed by atoms with Gasteiger partial charge in [-0.15, -0.1) is 0 Å². The summed E-state index contributed by atoms with van der Waals surface area (Å²) in [6, 6.07) is 15.0. The zero-order valence-corrected chi connectivity index (χ0v) is 22.6. The molecule has 0 aromatic heterocycles. The van der Waals surface area contributed by atoms with Crippen molar-refractivity contribution in [3.05, 3.63) is 60.2 Å². The Morgan fingerprint density at radius 1 is 0.973 bits per heavy atom. The molecule has 0 saturated heterocycles. The first-order chi connectivity index (χ1) is 17.7. The molecule has 1 aliphatic carbocycles. The Morgan fingerprint density at radius 3 is 2.27 bits per heavy atom. The highest BCUT2D eigenvalue weighted by Gasteiger charge is 2.28. The first-order valence-electron chi connectivity index (χ1n) is 13.0. The summed E-state index contributed by atoms with van der Waals surface area (Å²) in [6.07, 6.45) is 7.17. The van der Waals surface area contributed by atoms with Gasteiger partial charge in [-0.25, -0.2) is 8.42 Å². The fourth-order valence-electron chi connectivity index (χ4n) is 4.86. The molecule has 2 atom stereocenters. The van der Waals surface area contributed by atoms with Crippen molar-refractivity contribution >= 4 is 27.5 Å². The van der Waals surface area contributed by atoms with E-state index in [9.17, 15) is 18.0 Å². The summed E-state index contributed by atoms with van der Waals surface area (Å²) in [6.45, 7) is 1.40. The predicted octanol–water partition coefficient (Wildman–Crippen LogP) is 4.03. The van der Waals surface area contributed by atoms with Crippen molar-refractivity contribution in [2.75, 3.05) is 17.6 Å². The van der Waals surface area contributed by atoms with Crippen molar-refractivity contribution in [3.63, 3.8) is 0 Å². The normalized spacial score (nSPS) is 15.8. The van der Waals surface area contributed by atoms with E-state index in [0.717, 1.165) is 31.2 Å². The van der Waals surface area contributed by atoms with E-state index in [4.69, 9.17) is 4.74 Å². The van der Waals surface area contributed by atoms with Gasteiger partial charge in [-0.1, -0.05) is 62.4 Å². The third kappa shape index (κ3) is 10.1. The van der Waals surface area contributed by atoms with Crippen molar-refractivity contribution in [2.45, 2.75) is 70.4 Å². The second kappa shape index (κ2) is 14.0. The van der Waals surface area contributed by atoms with E-state index in [0.29, 0.717) is 36.6 Å². The first kappa shape index (κ1) is 28.5. The Balaban J connectivity index is 1.71. The van der Waals surface area contributed by atoms with Gasteiger partial charge in [0.05, 0.1) is 12.9 Å². The molecule has 37 heavy (non-hydrogen) atoms. The second-order valence-corrected chi connectivity index (χ2v) is 11.6. The zero-order valence-electron chi connectivity index (χ0n) is 21.7. The van der Waals surface area contributed by atoms with E-state index in [1.165, 1.54) is 13.3 Å². The number of hydrogen-bond donors (Lipinski definition) is 3. The van der Waals surface area contributed by atoms with Gasteiger partial charge in [-0.2, -0.15) is 0 Å². The molecule has 3 rings (SSSR count). The van der Waals surface area contributed by atoms with Crippen molar-refractivity contribution in [1.29, 1.82) is 0 Å². The molecule has 3 N–H and O–H groups in total. The van der Waals surface area contributed by atoms with Crippen LogP contribution in [0.4, 0.5) is 5.69 Å². The quantitative estimate of drug-likeness (QED) is 0.363. The van der Waals surface area contributed by atoms with E-state index < -0.39 is 22.1 Å². The summed E-state index contributed by atoms with van der Waals surface area (Å²) < 4.78 is 33.8. The third-order valence-corrected chi connectivity index (χ3v) is 8.13. The highest BCUT2D eigenvalue weighted by molar-refractivity contribution is 7.92. The van der Waals surface area contributed by atoms with Gasteiger partial charge in [-0.3, -0.25) is 14.3 Å². The molecule has 1 aliphatic rings. The van der Waals surface area contributed by atoms with E-state index in [2.05, 4.69) is 15.4 Å². The second-order valence-electron chi connectivity index (χ2n) is 9.83. The Hall–Kier alpha value is -3.07. The Kier molecular flexibility index (Phi) is 10.8. The molecule has 1 unspecified atom stereocenters. The molecule has 0 heterocycles. The maximum atomic E-state index is 13.3. The fourth-order valence-corrected chi connectivity index (χ4v) is 6.22. The predicted molar refractivity (Wildman–Crippen MR) is 146 cm³/mol. The molecule has 2 aromatic carbocycles. The average molecular weight is 530 g/mol. The summed E-state index contributed by atoms with van der Waals surface area (Å²) in [5.74, 6) is 0.106. The lowest BCUT2D eigenvalue weighted by Crippen LogP contribution is -2.51. The molecular formula is C28H39N3O5S. The molecule has 9 heteroatoms. The van der Waals surface area contributed by atoms with Crippen LogP contribution in [0.25, 0.3) is 0 Å². The summed E-state index contributed by atoms with van der Waals surface area (Å²) in [4.78, 5) is 25.2. The van der Waals surface area contributed by atoms with Crippen LogP contribution in [-0.2, 0) is 26.0 Å². The summed E-state index contributed by atoms with van der Waals surface area (Å²) >= 11 is 0. The van der Waals surface area contributed by atoms with Gasteiger partial charge in [0.25, 0.3) is 0 Å². The van der Waals surface area contributed by atoms with Crippen molar-refractivity contribution in [2.24, 2.45) is 5.92 Å². The monoisotopic (exact) mass is 529 g/mol. The lowest BCUT2D eigenvalue weighted by Gasteiger charge is -2.28. The Bertz CT molecular complexity index is 1100.